The molecule has 0 aromatic heterocycles. The highest BCUT2D eigenvalue weighted by atomic mass is 16.5. The molecule has 0 fully saturated rings. The van der Waals surface area contributed by atoms with Crippen molar-refractivity contribution in [2.45, 2.75) is 6.92 Å². The summed E-state index contributed by atoms with van der Waals surface area (Å²) in [6.45, 7) is 0.448. The van der Waals surface area contributed by atoms with Gasteiger partial charge in [-0.1, -0.05) is 18.2 Å². The first-order valence-electron chi connectivity index (χ1n) is 8.38. The van der Waals surface area contributed by atoms with Crippen molar-refractivity contribution in [2.75, 3.05) is 25.6 Å². The van der Waals surface area contributed by atoms with Crippen molar-refractivity contribution in [1.29, 1.82) is 0 Å². The Hall–Kier alpha value is -3.68. The molecule has 0 radical (unpaired) electrons. The molecule has 8 heteroatoms. The molecule has 0 atom stereocenters. The molecule has 2 N–H and O–H groups in total. The molecular formula is C20H20N2O6. The van der Waals surface area contributed by atoms with E-state index in [1.807, 2.05) is 0 Å². The van der Waals surface area contributed by atoms with Crippen LogP contribution >= 0.6 is 0 Å². The molecular weight excluding hydrogens is 364 g/mol. The highest BCUT2D eigenvalue weighted by Gasteiger charge is 2.13. The largest absolute Gasteiger partial charge is 0.497 e. The van der Waals surface area contributed by atoms with Gasteiger partial charge in [0.05, 0.1) is 12.8 Å². The fourth-order valence-corrected chi connectivity index (χ4v) is 2.30. The molecule has 0 heterocycles. The van der Waals surface area contributed by atoms with Gasteiger partial charge in [-0.3, -0.25) is 19.2 Å². The van der Waals surface area contributed by atoms with E-state index in [9.17, 15) is 19.2 Å². The predicted octanol–water partition coefficient (Wildman–Crippen LogP) is 1.81. The Balaban J connectivity index is 1.80. The van der Waals surface area contributed by atoms with Crippen molar-refractivity contribution in [3.63, 3.8) is 0 Å². The minimum atomic E-state index is -0.772. The van der Waals surface area contributed by atoms with Crippen molar-refractivity contribution in [1.82, 2.24) is 5.32 Å². The monoisotopic (exact) mass is 384 g/mol. The number of rotatable bonds is 8. The first kappa shape index (κ1) is 20.6. The molecule has 2 aromatic carbocycles. The predicted molar refractivity (Wildman–Crippen MR) is 101 cm³/mol. The Labute approximate surface area is 161 Å². The number of ketones is 1. The third-order valence-corrected chi connectivity index (χ3v) is 3.67. The van der Waals surface area contributed by atoms with E-state index in [0.717, 1.165) is 0 Å². The van der Waals surface area contributed by atoms with Crippen molar-refractivity contribution in [2.24, 2.45) is 0 Å². The van der Waals surface area contributed by atoms with Crippen LogP contribution in [0, 0.1) is 0 Å². The second kappa shape index (κ2) is 9.86. The first-order valence-corrected chi connectivity index (χ1v) is 8.38. The number of carbonyl (C=O) groups excluding carboxylic acids is 4. The molecule has 28 heavy (non-hydrogen) atoms. The Morgan fingerprint density at radius 2 is 1.75 bits per heavy atom. The molecule has 2 aromatic rings. The Bertz CT molecular complexity index is 894. The molecule has 0 unspecified atom stereocenters. The highest BCUT2D eigenvalue weighted by Crippen LogP contribution is 2.15. The lowest BCUT2D eigenvalue weighted by atomic mass is 10.1. The third-order valence-electron chi connectivity index (χ3n) is 3.67. The van der Waals surface area contributed by atoms with Crippen molar-refractivity contribution in [3.05, 3.63) is 59.7 Å². The summed E-state index contributed by atoms with van der Waals surface area (Å²) in [7, 11) is 1.48. The summed E-state index contributed by atoms with van der Waals surface area (Å²) in [5.41, 5.74) is 1.01. The van der Waals surface area contributed by atoms with Crippen LogP contribution in [0.2, 0.25) is 0 Å². The van der Waals surface area contributed by atoms with Crippen molar-refractivity contribution < 1.29 is 28.7 Å². The van der Waals surface area contributed by atoms with E-state index >= 15 is 0 Å². The van der Waals surface area contributed by atoms with Crippen LogP contribution in [0.5, 0.6) is 5.75 Å². The fraction of sp³-hybridized carbons (Fsp3) is 0.200. The van der Waals surface area contributed by atoms with E-state index in [4.69, 9.17) is 9.47 Å². The summed E-state index contributed by atoms with van der Waals surface area (Å²) in [6.07, 6.45) is 0. The van der Waals surface area contributed by atoms with Gasteiger partial charge in [0.1, 0.15) is 12.3 Å². The molecule has 0 bridgehead atoms. The lowest BCUT2D eigenvalue weighted by molar-refractivity contribution is -0.146. The number of hydrogen-bond acceptors (Lipinski definition) is 6. The Morgan fingerprint density at radius 1 is 1.00 bits per heavy atom. The van der Waals surface area contributed by atoms with Crippen LogP contribution in [-0.2, 0) is 14.3 Å². The minimum Gasteiger partial charge on any atom is -0.497 e. The number of para-hydroxylation sites is 1. The van der Waals surface area contributed by atoms with Gasteiger partial charge in [0.15, 0.2) is 12.4 Å². The highest BCUT2D eigenvalue weighted by molar-refractivity contribution is 6.04. The fourth-order valence-electron chi connectivity index (χ4n) is 2.30. The van der Waals surface area contributed by atoms with Crippen LogP contribution < -0.4 is 15.4 Å². The van der Waals surface area contributed by atoms with Crippen LogP contribution in [0.1, 0.15) is 27.6 Å². The molecule has 0 aliphatic heterocycles. The van der Waals surface area contributed by atoms with Crippen LogP contribution in [0.15, 0.2) is 48.5 Å². The smallest absolute Gasteiger partial charge is 0.325 e. The van der Waals surface area contributed by atoms with Gasteiger partial charge in [0, 0.05) is 11.1 Å². The van der Waals surface area contributed by atoms with Crippen molar-refractivity contribution in [3.8, 4) is 5.75 Å². The van der Waals surface area contributed by atoms with Crippen LogP contribution in [0.4, 0.5) is 5.69 Å². The average Bonchev–Trinajstić information content (AvgIpc) is 2.70. The lowest BCUT2D eigenvalue weighted by Crippen LogP contribution is -2.32. The van der Waals surface area contributed by atoms with E-state index in [1.54, 1.807) is 42.5 Å². The average molecular weight is 384 g/mol. The summed E-state index contributed by atoms with van der Waals surface area (Å²) in [5.74, 6) is -1.53. The quantitative estimate of drug-likeness (QED) is 0.530. The van der Waals surface area contributed by atoms with E-state index < -0.39 is 30.9 Å². The number of carbonyl (C=O) groups is 4. The van der Waals surface area contributed by atoms with E-state index in [0.29, 0.717) is 22.6 Å². The maximum absolute atomic E-state index is 12.0. The molecule has 2 amide bonds. The topological polar surface area (TPSA) is 111 Å². The SMILES string of the molecule is COc1cccc(C(=O)NCC(=O)OCC(=O)Nc2ccccc2C(C)=O)c1. The second-order valence-corrected chi connectivity index (χ2v) is 5.73. The minimum absolute atomic E-state index is 0.201. The van der Waals surface area contributed by atoms with Crippen molar-refractivity contribution >= 4 is 29.3 Å². The summed E-state index contributed by atoms with van der Waals surface area (Å²) < 4.78 is 9.86. The molecule has 146 valence electrons. The van der Waals surface area contributed by atoms with Crippen LogP contribution in [0.3, 0.4) is 0 Å². The molecule has 2 rings (SSSR count). The zero-order valence-corrected chi connectivity index (χ0v) is 15.5. The number of benzene rings is 2. The second-order valence-electron chi connectivity index (χ2n) is 5.73. The molecule has 0 aliphatic rings. The molecule has 0 saturated carbocycles. The standard InChI is InChI=1S/C20H20N2O6/c1-13(23)16-8-3-4-9-17(16)22-18(24)12-28-19(25)11-21-20(26)14-6-5-7-15(10-14)27-2/h3-10H,11-12H2,1-2H3,(H,21,26)(H,22,24). The summed E-state index contributed by atoms with van der Waals surface area (Å²) in [5, 5.41) is 4.91. The van der Waals surface area contributed by atoms with Gasteiger partial charge in [-0.05, 0) is 37.3 Å². The number of ether oxygens (including phenoxy) is 2. The van der Waals surface area contributed by atoms with Gasteiger partial charge in [0.2, 0.25) is 0 Å². The van der Waals surface area contributed by atoms with Gasteiger partial charge < -0.3 is 20.1 Å². The number of methoxy groups -OCH3 is 1. The maximum atomic E-state index is 12.0. The van der Waals surface area contributed by atoms with E-state index in [1.165, 1.54) is 20.1 Å². The van der Waals surface area contributed by atoms with E-state index in [2.05, 4.69) is 10.6 Å². The number of anilines is 1. The summed E-state index contributed by atoms with van der Waals surface area (Å²) in [4.78, 5) is 47.2. The number of esters is 1. The van der Waals surface area contributed by atoms with Crippen LogP contribution in [-0.4, -0.2) is 43.8 Å². The number of amides is 2. The van der Waals surface area contributed by atoms with Gasteiger partial charge >= 0.3 is 5.97 Å². The maximum Gasteiger partial charge on any atom is 0.325 e. The first-order chi connectivity index (χ1) is 13.4. The Morgan fingerprint density at radius 3 is 2.46 bits per heavy atom. The van der Waals surface area contributed by atoms with Gasteiger partial charge in [-0.2, -0.15) is 0 Å². The normalized spacial score (nSPS) is 9.93. The molecule has 0 spiro atoms. The summed E-state index contributed by atoms with van der Waals surface area (Å²) >= 11 is 0. The zero-order valence-electron chi connectivity index (χ0n) is 15.5. The molecule has 0 aliphatic carbocycles. The van der Waals surface area contributed by atoms with E-state index in [-0.39, 0.29) is 5.78 Å². The third kappa shape index (κ3) is 5.94. The lowest BCUT2D eigenvalue weighted by Gasteiger charge is -2.10. The Kier molecular flexibility index (Phi) is 7.27. The van der Waals surface area contributed by atoms with Gasteiger partial charge in [-0.15, -0.1) is 0 Å². The molecule has 8 nitrogen and oxygen atoms in total. The number of hydrogen-bond donors (Lipinski definition) is 2. The molecule has 0 saturated heterocycles. The number of Topliss-reactive ketones (excluding diaryl/α,β-unsaturated/α-hetero) is 1. The number of nitrogens with one attached hydrogen (secondary N) is 2. The van der Waals surface area contributed by atoms with Crippen LogP contribution in [0.25, 0.3) is 0 Å². The van der Waals surface area contributed by atoms with Gasteiger partial charge in [0.25, 0.3) is 11.8 Å². The van der Waals surface area contributed by atoms with Gasteiger partial charge in [-0.25, -0.2) is 0 Å². The zero-order chi connectivity index (χ0) is 20.5. The summed E-state index contributed by atoms with van der Waals surface area (Å²) in [6, 6.07) is 12.9.